The number of carbonyl (C=O) groups excluding carboxylic acids is 1. The minimum Gasteiger partial charge on any atom is -0.379 e. The van der Waals surface area contributed by atoms with E-state index in [1.54, 1.807) is 6.07 Å². The first-order valence-electron chi connectivity index (χ1n) is 13.3. The summed E-state index contributed by atoms with van der Waals surface area (Å²) in [5.41, 5.74) is 7.25. The molecular weight excluding hydrogens is 448 g/mol. The van der Waals surface area contributed by atoms with Crippen molar-refractivity contribution >= 4 is 22.4 Å². The first kappa shape index (κ1) is 23.3. The van der Waals surface area contributed by atoms with Gasteiger partial charge in [-0.3, -0.25) is 9.69 Å². The number of fused-ring (bicyclic) bond motifs is 4. The second-order valence-corrected chi connectivity index (χ2v) is 10.9. The minimum atomic E-state index is -0.350. The van der Waals surface area contributed by atoms with E-state index in [1.165, 1.54) is 11.3 Å². The number of H-pyrrole nitrogens is 1. The van der Waals surface area contributed by atoms with Gasteiger partial charge in [0.05, 0.1) is 30.4 Å². The predicted molar refractivity (Wildman–Crippen MR) is 143 cm³/mol. The molecule has 0 atom stereocenters. The zero-order chi connectivity index (χ0) is 25.0. The highest BCUT2D eigenvalue weighted by atomic mass is 16.5. The fraction of sp³-hybridized carbons (Fsp3) is 0.467. The van der Waals surface area contributed by atoms with Crippen LogP contribution in [-0.4, -0.2) is 61.1 Å². The zero-order valence-corrected chi connectivity index (χ0v) is 21.5. The van der Waals surface area contributed by atoms with Crippen molar-refractivity contribution in [2.45, 2.75) is 51.5 Å². The SMILES string of the molecule is CCc1cc2c(cc1N1CCC(N3CCOCC3)CC1)C(C)(C)c1[nH]c3cc(C#N)ccc3c1C2=O.[H+]. The number of rotatable bonds is 3. The second-order valence-electron chi connectivity index (χ2n) is 10.9. The lowest BCUT2D eigenvalue weighted by Crippen LogP contribution is -2.49. The summed E-state index contributed by atoms with van der Waals surface area (Å²) in [7, 11) is 0. The van der Waals surface area contributed by atoms with Gasteiger partial charge in [0.1, 0.15) is 0 Å². The topological polar surface area (TPSA) is 72.4 Å². The number of aromatic amines is 1. The van der Waals surface area contributed by atoms with Gasteiger partial charge in [0.2, 0.25) is 0 Å². The molecule has 2 fully saturated rings. The molecule has 0 unspecified atom stereocenters. The summed E-state index contributed by atoms with van der Waals surface area (Å²) in [5, 5.41) is 10.3. The highest BCUT2D eigenvalue weighted by Gasteiger charge is 2.40. The van der Waals surface area contributed by atoms with E-state index in [0.29, 0.717) is 11.6 Å². The van der Waals surface area contributed by atoms with Crippen molar-refractivity contribution in [2.24, 2.45) is 0 Å². The van der Waals surface area contributed by atoms with Gasteiger partial charge in [0, 0.05) is 65.5 Å². The summed E-state index contributed by atoms with van der Waals surface area (Å²) in [6.45, 7) is 12.5. The summed E-state index contributed by atoms with van der Waals surface area (Å²) < 4.78 is 5.55. The van der Waals surface area contributed by atoms with Crippen LogP contribution < -0.4 is 4.90 Å². The van der Waals surface area contributed by atoms with Gasteiger partial charge in [-0.2, -0.15) is 5.26 Å². The number of benzene rings is 2. The Labute approximate surface area is 214 Å². The standard InChI is InChI=1S/C30H34N4O2/c1-4-20-16-23-24(17-26(20)34-9-7-21(8-10-34)33-11-13-36-14-12-33)30(2,3)29-27(28(23)35)22-6-5-19(18-31)15-25(22)32-29/h5-6,15-17,21,32H,4,7-14H2,1-3H3/p+1. The molecule has 6 nitrogen and oxygen atoms in total. The molecule has 0 amide bonds. The Bertz CT molecular complexity index is 1390. The van der Waals surface area contributed by atoms with E-state index in [1.807, 2.05) is 12.1 Å². The van der Waals surface area contributed by atoms with E-state index in [9.17, 15) is 10.1 Å². The smallest absolute Gasteiger partial charge is 0.379 e. The number of carbonyl (C=O) groups is 1. The molecule has 3 aromatic rings. The van der Waals surface area contributed by atoms with Gasteiger partial charge in [-0.1, -0.05) is 26.8 Å². The summed E-state index contributed by atoms with van der Waals surface area (Å²) in [4.78, 5) is 22.5. The molecule has 1 N–H and O–H groups in total. The number of hydrogen-bond acceptors (Lipinski definition) is 5. The summed E-state index contributed by atoms with van der Waals surface area (Å²) in [6.07, 6.45) is 3.22. The Balaban J connectivity index is 0.00000280. The predicted octanol–water partition coefficient (Wildman–Crippen LogP) is 4.89. The van der Waals surface area contributed by atoms with Crippen LogP contribution >= 0.6 is 0 Å². The molecule has 2 aromatic carbocycles. The molecule has 2 aliphatic heterocycles. The number of nitriles is 1. The summed E-state index contributed by atoms with van der Waals surface area (Å²) >= 11 is 0. The fourth-order valence-corrected chi connectivity index (χ4v) is 6.57. The Morgan fingerprint density at radius 1 is 1.14 bits per heavy atom. The molecule has 6 rings (SSSR count). The number of ether oxygens (including phenoxy) is 1. The normalized spacial score (nSPS) is 20.3. The van der Waals surface area contributed by atoms with Crippen LogP contribution in [0.4, 0.5) is 5.69 Å². The third-order valence-corrected chi connectivity index (χ3v) is 8.66. The van der Waals surface area contributed by atoms with Crippen molar-refractivity contribution in [1.29, 1.82) is 5.26 Å². The monoisotopic (exact) mass is 483 g/mol. The fourth-order valence-electron chi connectivity index (χ4n) is 6.57. The first-order valence-corrected chi connectivity index (χ1v) is 13.3. The molecule has 36 heavy (non-hydrogen) atoms. The quantitative estimate of drug-likeness (QED) is 0.575. The molecule has 1 aliphatic carbocycles. The van der Waals surface area contributed by atoms with E-state index in [0.717, 1.165) is 91.9 Å². The van der Waals surface area contributed by atoms with Crippen molar-refractivity contribution in [2.75, 3.05) is 44.3 Å². The number of ketones is 1. The van der Waals surface area contributed by atoms with Crippen molar-refractivity contribution < 1.29 is 11.0 Å². The Morgan fingerprint density at radius 3 is 2.58 bits per heavy atom. The maximum absolute atomic E-state index is 13.9. The number of aromatic nitrogens is 1. The number of piperidine rings is 1. The van der Waals surface area contributed by atoms with Crippen LogP contribution in [0.2, 0.25) is 0 Å². The first-order chi connectivity index (χ1) is 17.4. The number of hydrogen-bond donors (Lipinski definition) is 1. The highest BCUT2D eigenvalue weighted by molar-refractivity contribution is 6.20. The lowest BCUT2D eigenvalue weighted by atomic mass is 9.70. The third-order valence-electron chi connectivity index (χ3n) is 8.66. The van der Waals surface area contributed by atoms with Gasteiger partial charge in [0.15, 0.2) is 5.78 Å². The highest BCUT2D eigenvalue weighted by Crippen LogP contribution is 2.46. The number of nitrogens with zero attached hydrogens (tertiary/aromatic N) is 3. The minimum absolute atomic E-state index is 0. The van der Waals surface area contributed by atoms with Crippen LogP contribution in [0.25, 0.3) is 10.9 Å². The summed E-state index contributed by atoms with van der Waals surface area (Å²) in [6, 6.07) is 12.9. The van der Waals surface area contributed by atoms with E-state index >= 15 is 0 Å². The molecule has 3 heterocycles. The van der Waals surface area contributed by atoms with E-state index < -0.39 is 0 Å². The molecule has 2 saturated heterocycles. The van der Waals surface area contributed by atoms with Crippen LogP contribution in [0.15, 0.2) is 30.3 Å². The molecule has 0 radical (unpaired) electrons. The largest absolute Gasteiger partial charge is 1.00 e. The van der Waals surface area contributed by atoms with Crippen molar-refractivity contribution in [3.05, 3.63) is 63.8 Å². The van der Waals surface area contributed by atoms with Crippen LogP contribution in [-0.2, 0) is 16.6 Å². The van der Waals surface area contributed by atoms with Crippen molar-refractivity contribution in [3.8, 4) is 6.07 Å². The van der Waals surface area contributed by atoms with Gasteiger partial charge >= 0.3 is 1.43 Å². The third kappa shape index (κ3) is 3.56. The molecule has 186 valence electrons. The molecule has 0 spiro atoms. The number of nitrogens with one attached hydrogen (secondary N) is 1. The molecule has 0 saturated carbocycles. The van der Waals surface area contributed by atoms with Gasteiger partial charge in [0.25, 0.3) is 0 Å². The Morgan fingerprint density at radius 2 is 1.89 bits per heavy atom. The van der Waals surface area contributed by atoms with Crippen LogP contribution in [0, 0.1) is 11.3 Å². The molecule has 3 aliphatic rings. The van der Waals surface area contributed by atoms with Gasteiger partial charge < -0.3 is 14.6 Å². The van der Waals surface area contributed by atoms with Crippen LogP contribution in [0.3, 0.4) is 0 Å². The van der Waals surface area contributed by atoms with Crippen molar-refractivity contribution in [1.82, 2.24) is 9.88 Å². The van der Waals surface area contributed by atoms with E-state index in [4.69, 9.17) is 4.74 Å². The number of anilines is 1. The Hall–Kier alpha value is -3.14. The van der Waals surface area contributed by atoms with Gasteiger partial charge in [-0.25, -0.2) is 0 Å². The molecular formula is C30H35N4O2+. The zero-order valence-electron chi connectivity index (χ0n) is 22.5. The Kier molecular flexibility index (Phi) is 5.66. The average molecular weight is 484 g/mol. The average Bonchev–Trinajstić information content (AvgIpc) is 3.32. The van der Waals surface area contributed by atoms with E-state index in [2.05, 4.69) is 53.8 Å². The molecule has 1 aromatic heterocycles. The second kappa shape index (κ2) is 8.76. The summed E-state index contributed by atoms with van der Waals surface area (Å²) in [5.74, 6) is 0.0857. The maximum atomic E-state index is 13.9. The maximum Gasteiger partial charge on any atom is 1.00 e. The van der Waals surface area contributed by atoms with E-state index in [-0.39, 0.29) is 12.6 Å². The lowest BCUT2D eigenvalue weighted by molar-refractivity contribution is 0.0115. The van der Waals surface area contributed by atoms with Gasteiger partial charge in [-0.15, -0.1) is 0 Å². The number of morpholine rings is 1. The molecule has 0 bridgehead atoms. The van der Waals surface area contributed by atoms with Crippen LogP contribution in [0.1, 0.15) is 73.3 Å². The molecule has 6 heteroatoms. The van der Waals surface area contributed by atoms with Crippen molar-refractivity contribution in [3.63, 3.8) is 0 Å². The number of aryl methyl sites for hydroxylation is 1. The lowest BCUT2D eigenvalue weighted by Gasteiger charge is -2.42. The van der Waals surface area contributed by atoms with Gasteiger partial charge in [-0.05, 0) is 54.7 Å². The van der Waals surface area contributed by atoms with Crippen LogP contribution in [0.5, 0.6) is 0 Å².